The molecule has 1 aliphatic carbocycles. The number of ether oxygens (including phenoxy) is 2. The second-order valence-electron chi connectivity index (χ2n) is 9.38. The molecule has 1 aromatic heterocycles. The molecule has 186 valence electrons. The van der Waals surface area contributed by atoms with Crippen molar-refractivity contribution in [3.05, 3.63) is 35.2 Å². The zero-order chi connectivity index (χ0) is 24.2. The number of piperidine rings is 1. The molecule has 1 saturated heterocycles. The van der Waals surface area contributed by atoms with E-state index < -0.39 is 11.6 Å². The maximum absolute atomic E-state index is 14.3. The fraction of sp³-hybridized carbons (Fsp3) is 0.625. The number of benzene rings is 1. The van der Waals surface area contributed by atoms with Gasteiger partial charge in [0.15, 0.2) is 5.82 Å². The van der Waals surface area contributed by atoms with Crippen molar-refractivity contribution in [1.29, 1.82) is 0 Å². The van der Waals surface area contributed by atoms with Crippen molar-refractivity contribution >= 4 is 11.9 Å². The van der Waals surface area contributed by atoms with Crippen LogP contribution in [0.1, 0.15) is 37.1 Å². The van der Waals surface area contributed by atoms with Crippen molar-refractivity contribution in [3.8, 4) is 5.75 Å². The summed E-state index contributed by atoms with van der Waals surface area (Å²) >= 11 is 0. The van der Waals surface area contributed by atoms with Crippen molar-refractivity contribution < 1.29 is 27.6 Å². The average Bonchev–Trinajstić information content (AvgIpc) is 3.43. The second-order valence-corrected chi connectivity index (χ2v) is 9.38. The number of likely N-dealkylation sites (N-methyl/N-ethyl adjacent to an activating group) is 1. The number of carbonyl (C=O) groups is 1. The lowest BCUT2D eigenvalue weighted by atomic mass is 9.90. The molecule has 1 amide bonds. The number of halogens is 2. The number of hydrogen-bond acceptors (Lipinski definition) is 7. The molecule has 2 aromatic rings. The molecule has 0 bridgehead atoms. The largest absolute Gasteiger partial charge is 0.493 e. The van der Waals surface area contributed by atoms with Gasteiger partial charge >= 0.3 is 6.01 Å². The first-order chi connectivity index (χ1) is 16.4. The Bertz CT molecular complexity index is 968. The zero-order valence-corrected chi connectivity index (χ0v) is 19.9. The van der Waals surface area contributed by atoms with Crippen molar-refractivity contribution in [2.24, 2.45) is 17.8 Å². The zero-order valence-electron chi connectivity index (χ0n) is 19.9. The Kier molecular flexibility index (Phi) is 7.65. The number of hydrogen-bond donors (Lipinski definition) is 0. The van der Waals surface area contributed by atoms with Crippen molar-refractivity contribution in [1.82, 2.24) is 15.0 Å². The van der Waals surface area contributed by atoms with Crippen LogP contribution in [0.4, 0.5) is 14.8 Å². The van der Waals surface area contributed by atoms with Gasteiger partial charge in [-0.3, -0.25) is 4.79 Å². The highest BCUT2D eigenvalue weighted by Crippen LogP contribution is 2.50. The Hall–Kier alpha value is -2.75. The highest BCUT2D eigenvalue weighted by Gasteiger charge is 2.43. The Morgan fingerprint density at radius 2 is 1.94 bits per heavy atom. The molecule has 1 aromatic carbocycles. The lowest BCUT2D eigenvalue weighted by Gasteiger charge is -2.30. The third-order valence-corrected chi connectivity index (χ3v) is 6.82. The first kappa shape index (κ1) is 24.4. The summed E-state index contributed by atoms with van der Waals surface area (Å²) in [4.78, 5) is 19.6. The molecule has 1 saturated carbocycles. The van der Waals surface area contributed by atoms with Gasteiger partial charge in [-0.25, -0.2) is 8.78 Å². The Balaban J connectivity index is 1.19. The predicted octanol–water partition coefficient (Wildman–Crippen LogP) is 3.45. The van der Waals surface area contributed by atoms with Crippen LogP contribution in [0.2, 0.25) is 0 Å². The van der Waals surface area contributed by atoms with Crippen LogP contribution in [0.3, 0.4) is 0 Å². The lowest BCUT2D eigenvalue weighted by Crippen LogP contribution is -2.34. The van der Waals surface area contributed by atoms with Crippen LogP contribution in [0, 0.1) is 29.4 Å². The monoisotopic (exact) mass is 478 g/mol. The van der Waals surface area contributed by atoms with E-state index in [-0.39, 0.29) is 23.6 Å². The smallest absolute Gasteiger partial charge is 0.324 e. The third kappa shape index (κ3) is 5.84. The number of anilines is 1. The molecule has 4 rings (SSSR count). The minimum Gasteiger partial charge on any atom is -0.493 e. The molecule has 0 N–H and O–H groups in total. The summed E-state index contributed by atoms with van der Waals surface area (Å²) in [5.74, 6) is 0.766. The van der Waals surface area contributed by atoms with Crippen LogP contribution in [0.25, 0.3) is 0 Å². The highest BCUT2D eigenvalue weighted by molar-refractivity contribution is 5.78. The highest BCUT2D eigenvalue weighted by atomic mass is 19.1. The van der Waals surface area contributed by atoms with Crippen molar-refractivity contribution in [2.45, 2.75) is 38.7 Å². The summed E-state index contributed by atoms with van der Waals surface area (Å²) in [6.45, 7) is 2.53. The van der Waals surface area contributed by atoms with Gasteiger partial charge in [0.2, 0.25) is 5.91 Å². The second kappa shape index (κ2) is 10.7. The van der Waals surface area contributed by atoms with E-state index in [0.29, 0.717) is 42.8 Å². The minimum absolute atomic E-state index is 0.161. The number of carbonyl (C=O) groups excluding carboxylic acids is 1. The van der Waals surface area contributed by atoms with Gasteiger partial charge < -0.3 is 23.8 Å². The van der Waals surface area contributed by atoms with Gasteiger partial charge in [0, 0.05) is 52.0 Å². The molecule has 0 unspecified atom stereocenters. The number of amides is 1. The number of aromatic nitrogens is 2. The topological polar surface area (TPSA) is 80.9 Å². The van der Waals surface area contributed by atoms with Gasteiger partial charge in [0.05, 0.1) is 13.0 Å². The van der Waals surface area contributed by atoms with Crippen LogP contribution in [0.5, 0.6) is 5.75 Å². The summed E-state index contributed by atoms with van der Waals surface area (Å²) in [5.41, 5.74) is -0.227. The number of rotatable bonds is 10. The van der Waals surface area contributed by atoms with E-state index >= 15 is 0 Å². The summed E-state index contributed by atoms with van der Waals surface area (Å²) < 4.78 is 44.6. The molecule has 34 heavy (non-hydrogen) atoms. The quantitative estimate of drug-likeness (QED) is 0.517. The molecule has 8 nitrogen and oxygen atoms in total. The fourth-order valence-corrected chi connectivity index (χ4v) is 4.73. The average molecular weight is 479 g/mol. The molecule has 2 aliphatic rings. The van der Waals surface area contributed by atoms with E-state index in [1.54, 1.807) is 21.2 Å². The van der Waals surface area contributed by atoms with Crippen molar-refractivity contribution in [2.75, 3.05) is 45.8 Å². The van der Waals surface area contributed by atoms with E-state index in [2.05, 4.69) is 15.0 Å². The molecule has 10 heteroatoms. The van der Waals surface area contributed by atoms with Gasteiger partial charge in [-0.1, -0.05) is 5.16 Å². The Morgan fingerprint density at radius 3 is 2.59 bits per heavy atom. The van der Waals surface area contributed by atoms with Gasteiger partial charge in [-0.2, -0.15) is 4.98 Å². The molecule has 2 atom stereocenters. The van der Waals surface area contributed by atoms with Crippen LogP contribution < -0.4 is 9.64 Å². The summed E-state index contributed by atoms with van der Waals surface area (Å²) in [6.07, 6.45) is 3.87. The first-order valence-electron chi connectivity index (χ1n) is 11.7. The summed E-state index contributed by atoms with van der Waals surface area (Å²) in [6, 6.07) is 2.89. The fourth-order valence-electron chi connectivity index (χ4n) is 4.73. The lowest BCUT2D eigenvalue weighted by molar-refractivity contribution is -0.128. The molecular weight excluding hydrogens is 446 g/mol. The van der Waals surface area contributed by atoms with E-state index in [4.69, 9.17) is 14.0 Å². The molecule has 2 heterocycles. The standard InChI is InChI=1S/C24H32F2N4O4/c1-29(2)23(31)13-19-20(25)11-17(12-21(19)26)33-9-6-16-10-18(16)15-4-7-30(8-5-15)24-27-22(14-32-3)28-34-24/h11-12,15-16,18H,4-10,13-14H2,1-3H3/t16-,18-/m1/s1. The first-order valence-corrected chi connectivity index (χ1v) is 11.7. The minimum atomic E-state index is -0.753. The third-order valence-electron chi connectivity index (χ3n) is 6.82. The maximum atomic E-state index is 14.3. The normalized spacial score (nSPS) is 20.4. The van der Waals surface area contributed by atoms with Gasteiger partial charge in [-0.15, -0.1) is 0 Å². The molecule has 1 aliphatic heterocycles. The van der Waals surface area contributed by atoms with Crippen molar-refractivity contribution in [3.63, 3.8) is 0 Å². The summed E-state index contributed by atoms with van der Waals surface area (Å²) in [7, 11) is 4.70. The SMILES string of the molecule is COCc1noc(N2CCC([C@H]3C[C@H]3CCOc3cc(F)c(CC(=O)N(C)C)c(F)c3)CC2)n1. The van der Waals surface area contributed by atoms with Crippen LogP contribution in [-0.2, 0) is 22.6 Å². The van der Waals surface area contributed by atoms with Gasteiger partial charge in [0.25, 0.3) is 0 Å². The van der Waals surface area contributed by atoms with E-state index in [1.807, 2.05) is 0 Å². The molecular formula is C24H32F2N4O4. The number of methoxy groups -OCH3 is 1. The Morgan fingerprint density at radius 1 is 1.24 bits per heavy atom. The summed E-state index contributed by atoms with van der Waals surface area (Å²) in [5, 5.41) is 3.92. The predicted molar refractivity (Wildman–Crippen MR) is 120 cm³/mol. The van der Waals surface area contributed by atoms with Gasteiger partial charge in [0.1, 0.15) is 24.0 Å². The van der Waals surface area contributed by atoms with Crippen LogP contribution in [0.15, 0.2) is 16.7 Å². The van der Waals surface area contributed by atoms with E-state index in [9.17, 15) is 13.6 Å². The molecule has 0 radical (unpaired) electrons. The Labute approximate surface area is 198 Å². The molecule has 2 fully saturated rings. The molecule has 0 spiro atoms. The van der Waals surface area contributed by atoms with Crippen LogP contribution in [-0.4, -0.2) is 61.8 Å². The van der Waals surface area contributed by atoms with E-state index in [1.165, 1.54) is 11.3 Å². The van der Waals surface area contributed by atoms with E-state index in [0.717, 1.165) is 44.5 Å². The van der Waals surface area contributed by atoms with Crippen LogP contribution >= 0.6 is 0 Å². The maximum Gasteiger partial charge on any atom is 0.324 e. The van der Waals surface area contributed by atoms with Gasteiger partial charge in [-0.05, 0) is 43.4 Å². The number of nitrogens with zero attached hydrogens (tertiary/aromatic N) is 4.